The molecule has 1 aromatic rings. The van der Waals surface area contributed by atoms with Gasteiger partial charge in [-0.15, -0.1) is 11.3 Å². The van der Waals surface area contributed by atoms with E-state index in [-0.39, 0.29) is 6.04 Å². The van der Waals surface area contributed by atoms with Gasteiger partial charge in [0, 0.05) is 16.3 Å². The van der Waals surface area contributed by atoms with Crippen molar-refractivity contribution >= 4 is 17.6 Å². The minimum atomic E-state index is 0.154. The summed E-state index contributed by atoms with van der Waals surface area (Å²) in [5.74, 6) is 0. The molecule has 0 spiro atoms. The predicted molar refractivity (Wildman–Crippen MR) is 67.8 cm³/mol. The minimum Gasteiger partial charge on any atom is -0.302 e. The average molecular weight is 237 g/mol. The van der Waals surface area contributed by atoms with Crippen LogP contribution in [0.1, 0.15) is 35.9 Å². The Morgan fingerprint density at radius 1 is 1.44 bits per heavy atom. The van der Waals surface area contributed by atoms with Gasteiger partial charge in [-0.2, -0.15) is 0 Å². The Hall–Kier alpha value is -0.670. The van der Waals surface area contributed by atoms with Crippen LogP contribution in [-0.2, 0) is 17.8 Å². The van der Waals surface area contributed by atoms with Gasteiger partial charge in [0.2, 0.25) is 0 Å². The molecular weight excluding hydrogens is 218 g/mol. The van der Waals surface area contributed by atoms with Crippen LogP contribution in [0.25, 0.3) is 0 Å². The number of nitrogens with zero attached hydrogens (tertiary/aromatic N) is 1. The highest BCUT2D eigenvalue weighted by Crippen LogP contribution is 2.23. The summed E-state index contributed by atoms with van der Waals surface area (Å²) in [5.41, 5.74) is 0. The maximum absolute atomic E-state index is 11.0. The summed E-state index contributed by atoms with van der Waals surface area (Å²) in [6.45, 7) is 4.21. The van der Waals surface area contributed by atoms with Crippen LogP contribution in [-0.4, -0.2) is 23.8 Å². The molecule has 2 heterocycles. The lowest BCUT2D eigenvalue weighted by Crippen LogP contribution is -2.39. The molecule has 1 saturated heterocycles. The molecule has 0 radical (unpaired) electrons. The van der Waals surface area contributed by atoms with E-state index >= 15 is 0 Å². The molecule has 1 aliphatic heterocycles. The van der Waals surface area contributed by atoms with E-state index in [2.05, 4.69) is 24.0 Å². The smallest absolute Gasteiger partial charge is 0.137 e. The minimum absolute atomic E-state index is 0.154. The molecule has 88 valence electrons. The fourth-order valence-electron chi connectivity index (χ4n) is 2.26. The van der Waals surface area contributed by atoms with Crippen LogP contribution in [0.5, 0.6) is 0 Å². The van der Waals surface area contributed by atoms with Crippen LogP contribution in [0.2, 0.25) is 0 Å². The second-order valence-corrected chi connectivity index (χ2v) is 5.64. The highest BCUT2D eigenvalue weighted by atomic mass is 32.1. The molecule has 1 fully saturated rings. The van der Waals surface area contributed by atoms with Gasteiger partial charge in [-0.05, 0) is 37.9 Å². The van der Waals surface area contributed by atoms with Crippen molar-refractivity contribution in [3.63, 3.8) is 0 Å². The number of hydrogen-bond acceptors (Lipinski definition) is 3. The molecule has 0 N–H and O–H groups in total. The zero-order valence-electron chi connectivity index (χ0n) is 9.82. The van der Waals surface area contributed by atoms with Crippen molar-refractivity contribution in [1.29, 1.82) is 0 Å². The molecule has 0 aliphatic carbocycles. The van der Waals surface area contributed by atoms with E-state index in [1.54, 1.807) is 0 Å². The number of carbonyl (C=O) groups excluding carboxylic acids is 1. The summed E-state index contributed by atoms with van der Waals surface area (Å²) in [5, 5.41) is 0. The SMILES string of the molecule is CCc1ccc(CN2CCCCC2C=O)s1. The summed E-state index contributed by atoms with van der Waals surface area (Å²) < 4.78 is 0. The monoisotopic (exact) mass is 237 g/mol. The first kappa shape index (κ1) is 11.8. The van der Waals surface area contributed by atoms with Gasteiger partial charge >= 0.3 is 0 Å². The van der Waals surface area contributed by atoms with Crippen molar-refractivity contribution in [3.05, 3.63) is 21.9 Å². The lowest BCUT2D eigenvalue weighted by molar-refractivity contribution is -0.113. The van der Waals surface area contributed by atoms with Crippen molar-refractivity contribution in [3.8, 4) is 0 Å². The zero-order chi connectivity index (χ0) is 11.4. The number of thiophene rings is 1. The number of hydrogen-bond donors (Lipinski definition) is 0. The van der Waals surface area contributed by atoms with Crippen LogP contribution in [0.4, 0.5) is 0 Å². The number of likely N-dealkylation sites (tertiary alicyclic amines) is 1. The Morgan fingerprint density at radius 2 is 2.25 bits per heavy atom. The Labute approximate surface area is 101 Å². The molecule has 2 nitrogen and oxygen atoms in total. The standard InChI is InChI=1S/C13H19NOS/c1-2-12-6-7-13(16-12)9-14-8-4-3-5-11(14)10-15/h6-7,10-11H,2-5,8-9H2,1H3. The van der Waals surface area contributed by atoms with Crippen molar-refractivity contribution in [2.75, 3.05) is 6.54 Å². The van der Waals surface area contributed by atoms with E-state index < -0.39 is 0 Å². The summed E-state index contributed by atoms with van der Waals surface area (Å²) >= 11 is 1.88. The highest BCUT2D eigenvalue weighted by Gasteiger charge is 2.21. The molecule has 1 aliphatic rings. The maximum Gasteiger partial charge on any atom is 0.137 e. The third-order valence-electron chi connectivity index (χ3n) is 3.25. The second-order valence-electron chi connectivity index (χ2n) is 4.39. The lowest BCUT2D eigenvalue weighted by atomic mass is 10.0. The van der Waals surface area contributed by atoms with E-state index in [4.69, 9.17) is 0 Å². The maximum atomic E-state index is 11.0. The summed E-state index contributed by atoms with van der Waals surface area (Å²) in [6, 6.07) is 4.57. The summed E-state index contributed by atoms with van der Waals surface area (Å²) in [7, 11) is 0. The normalized spacial score (nSPS) is 22.2. The molecule has 0 aromatic carbocycles. The van der Waals surface area contributed by atoms with Gasteiger partial charge in [0.15, 0.2) is 0 Å². The fourth-order valence-corrected chi connectivity index (χ4v) is 3.25. The van der Waals surface area contributed by atoms with Crippen molar-refractivity contribution in [1.82, 2.24) is 4.90 Å². The molecule has 16 heavy (non-hydrogen) atoms. The van der Waals surface area contributed by atoms with Gasteiger partial charge in [0.05, 0.1) is 6.04 Å². The molecule has 3 heteroatoms. The fraction of sp³-hybridized carbons (Fsp3) is 0.615. The van der Waals surface area contributed by atoms with Gasteiger partial charge in [-0.1, -0.05) is 13.3 Å². The zero-order valence-corrected chi connectivity index (χ0v) is 10.6. The van der Waals surface area contributed by atoms with E-state index in [1.807, 2.05) is 11.3 Å². The quantitative estimate of drug-likeness (QED) is 0.751. The van der Waals surface area contributed by atoms with Crippen LogP contribution >= 0.6 is 11.3 Å². The average Bonchev–Trinajstić information content (AvgIpc) is 2.77. The Kier molecular flexibility index (Phi) is 4.13. The Balaban J connectivity index is 1.99. The van der Waals surface area contributed by atoms with Gasteiger partial charge in [0.25, 0.3) is 0 Å². The topological polar surface area (TPSA) is 20.3 Å². The van der Waals surface area contributed by atoms with Gasteiger partial charge < -0.3 is 4.79 Å². The molecule has 0 amide bonds. The largest absolute Gasteiger partial charge is 0.302 e. The van der Waals surface area contributed by atoms with Crippen LogP contribution in [0.3, 0.4) is 0 Å². The molecular formula is C13H19NOS. The Morgan fingerprint density at radius 3 is 2.94 bits per heavy atom. The van der Waals surface area contributed by atoms with Crippen molar-refractivity contribution < 1.29 is 4.79 Å². The van der Waals surface area contributed by atoms with E-state index in [0.717, 1.165) is 32.2 Å². The highest BCUT2D eigenvalue weighted by molar-refractivity contribution is 7.11. The summed E-state index contributed by atoms with van der Waals surface area (Å²) in [4.78, 5) is 16.1. The summed E-state index contributed by atoms with van der Waals surface area (Å²) in [6.07, 6.45) is 5.70. The first-order chi connectivity index (χ1) is 7.83. The molecule has 0 bridgehead atoms. The van der Waals surface area contributed by atoms with E-state index in [9.17, 15) is 4.79 Å². The van der Waals surface area contributed by atoms with Crippen molar-refractivity contribution in [2.24, 2.45) is 0 Å². The van der Waals surface area contributed by atoms with E-state index in [1.165, 1.54) is 22.6 Å². The second kappa shape index (κ2) is 5.60. The molecule has 2 rings (SSSR count). The first-order valence-electron chi connectivity index (χ1n) is 6.10. The number of rotatable bonds is 4. The van der Waals surface area contributed by atoms with Crippen molar-refractivity contribution in [2.45, 2.75) is 45.2 Å². The number of aldehydes is 1. The van der Waals surface area contributed by atoms with Gasteiger partial charge in [0.1, 0.15) is 6.29 Å². The number of aryl methyl sites for hydroxylation is 1. The molecule has 0 saturated carbocycles. The lowest BCUT2D eigenvalue weighted by Gasteiger charge is -2.31. The third-order valence-corrected chi connectivity index (χ3v) is 4.46. The van der Waals surface area contributed by atoms with Crippen LogP contribution < -0.4 is 0 Å². The molecule has 1 unspecified atom stereocenters. The number of carbonyl (C=O) groups is 1. The van der Waals surface area contributed by atoms with E-state index in [0.29, 0.717) is 0 Å². The predicted octanol–water partition coefficient (Wildman–Crippen LogP) is 2.86. The Bertz CT molecular complexity index is 347. The molecule has 1 aromatic heterocycles. The third kappa shape index (κ3) is 2.71. The number of piperidine rings is 1. The first-order valence-corrected chi connectivity index (χ1v) is 6.92. The van der Waals surface area contributed by atoms with Gasteiger partial charge in [-0.25, -0.2) is 0 Å². The van der Waals surface area contributed by atoms with Crippen LogP contribution in [0, 0.1) is 0 Å². The molecule has 1 atom stereocenters. The van der Waals surface area contributed by atoms with Crippen LogP contribution in [0.15, 0.2) is 12.1 Å². The van der Waals surface area contributed by atoms with Gasteiger partial charge in [-0.3, -0.25) is 4.90 Å².